The number of anilines is 1. The lowest BCUT2D eigenvalue weighted by atomic mass is 10.1. The molecule has 0 aromatic heterocycles. The number of nitrogens with zero attached hydrogens (tertiary/aromatic N) is 1. The molecule has 114 valence electrons. The van der Waals surface area contributed by atoms with Gasteiger partial charge in [0.2, 0.25) is 0 Å². The standard InChI is InChI=1S/C18H19NO3/c1-13(20)15-8-7-11-17(12-15)22-14(2)18(21)19(3)16-9-5-4-6-10-16/h4-12,14H,1-3H3/t14-/m0/s1. The number of carbonyl (C=O) groups excluding carboxylic acids is 2. The van der Waals surface area contributed by atoms with E-state index in [1.54, 1.807) is 43.1 Å². The molecule has 0 aliphatic carbocycles. The van der Waals surface area contributed by atoms with Crippen LogP contribution in [0.25, 0.3) is 0 Å². The van der Waals surface area contributed by atoms with E-state index in [1.807, 2.05) is 30.3 Å². The summed E-state index contributed by atoms with van der Waals surface area (Å²) in [5, 5.41) is 0. The first-order valence-electron chi connectivity index (χ1n) is 7.09. The molecule has 0 bridgehead atoms. The predicted molar refractivity (Wildman–Crippen MR) is 86.4 cm³/mol. The third-order valence-electron chi connectivity index (χ3n) is 3.38. The van der Waals surface area contributed by atoms with E-state index in [9.17, 15) is 9.59 Å². The van der Waals surface area contributed by atoms with Crippen LogP contribution in [0.5, 0.6) is 5.75 Å². The van der Waals surface area contributed by atoms with Gasteiger partial charge in [0.05, 0.1) is 0 Å². The Morgan fingerprint density at radius 2 is 1.73 bits per heavy atom. The summed E-state index contributed by atoms with van der Waals surface area (Å²) in [7, 11) is 1.71. The topological polar surface area (TPSA) is 46.6 Å². The number of amides is 1. The predicted octanol–water partition coefficient (Wildman–Crippen LogP) is 3.32. The van der Waals surface area contributed by atoms with Crippen LogP contribution < -0.4 is 9.64 Å². The molecule has 0 aliphatic heterocycles. The average Bonchev–Trinajstić information content (AvgIpc) is 2.54. The van der Waals surface area contributed by atoms with Gasteiger partial charge < -0.3 is 9.64 Å². The molecule has 0 saturated carbocycles. The van der Waals surface area contributed by atoms with E-state index in [4.69, 9.17) is 4.74 Å². The monoisotopic (exact) mass is 297 g/mol. The fourth-order valence-corrected chi connectivity index (χ4v) is 2.09. The molecule has 0 spiro atoms. The van der Waals surface area contributed by atoms with Crippen molar-refractivity contribution in [2.75, 3.05) is 11.9 Å². The molecule has 0 saturated heterocycles. The number of rotatable bonds is 5. The first kappa shape index (κ1) is 15.8. The van der Waals surface area contributed by atoms with Crippen molar-refractivity contribution < 1.29 is 14.3 Å². The third kappa shape index (κ3) is 3.73. The summed E-state index contributed by atoms with van der Waals surface area (Å²) in [4.78, 5) is 25.3. The van der Waals surface area contributed by atoms with Crippen LogP contribution in [0, 0.1) is 0 Å². The first-order valence-corrected chi connectivity index (χ1v) is 7.09. The summed E-state index contributed by atoms with van der Waals surface area (Å²) < 4.78 is 5.67. The maximum absolute atomic E-state index is 12.4. The minimum absolute atomic E-state index is 0.0363. The smallest absolute Gasteiger partial charge is 0.267 e. The van der Waals surface area contributed by atoms with Crippen LogP contribution in [0.3, 0.4) is 0 Å². The van der Waals surface area contributed by atoms with Gasteiger partial charge in [-0.05, 0) is 38.1 Å². The SMILES string of the molecule is CC(=O)c1cccc(O[C@@H](C)C(=O)N(C)c2ccccc2)c1. The number of hydrogen-bond donors (Lipinski definition) is 0. The molecule has 22 heavy (non-hydrogen) atoms. The highest BCUT2D eigenvalue weighted by Crippen LogP contribution is 2.18. The van der Waals surface area contributed by atoms with Gasteiger partial charge in [-0.1, -0.05) is 30.3 Å². The number of likely N-dealkylation sites (N-methyl/N-ethyl adjacent to an activating group) is 1. The van der Waals surface area contributed by atoms with Crippen molar-refractivity contribution in [1.82, 2.24) is 0 Å². The number of ether oxygens (including phenoxy) is 1. The lowest BCUT2D eigenvalue weighted by molar-refractivity contribution is -0.124. The maximum Gasteiger partial charge on any atom is 0.267 e. The fourth-order valence-electron chi connectivity index (χ4n) is 2.09. The van der Waals surface area contributed by atoms with Gasteiger partial charge in [-0.25, -0.2) is 0 Å². The van der Waals surface area contributed by atoms with Crippen LogP contribution in [-0.2, 0) is 4.79 Å². The molecule has 0 N–H and O–H groups in total. The van der Waals surface area contributed by atoms with Gasteiger partial charge in [0.1, 0.15) is 5.75 Å². The Balaban J connectivity index is 2.08. The minimum Gasteiger partial charge on any atom is -0.481 e. The zero-order chi connectivity index (χ0) is 16.1. The van der Waals surface area contributed by atoms with Gasteiger partial charge in [0, 0.05) is 18.3 Å². The Hall–Kier alpha value is -2.62. The Morgan fingerprint density at radius 1 is 1.05 bits per heavy atom. The molecule has 0 unspecified atom stereocenters. The van der Waals surface area contributed by atoms with E-state index < -0.39 is 6.10 Å². The van der Waals surface area contributed by atoms with Crippen molar-refractivity contribution in [3.63, 3.8) is 0 Å². The van der Waals surface area contributed by atoms with Gasteiger partial charge in [-0.15, -0.1) is 0 Å². The number of para-hydroxylation sites is 1. The van der Waals surface area contributed by atoms with E-state index in [1.165, 1.54) is 6.92 Å². The molecular weight excluding hydrogens is 278 g/mol. The number of Topliss-reactive ketones (excluding diaryl/α,β-unsaturated/α-hetero) is 1. The molecule has 0 heterocycles. The van der Waals surface area contributed by atoms with E-state index in [0.717, 1.165) is 5.69 Å². The largest absolute Gasteiger partial charge is 0.481 e. The van der Waals surface area contributed by atoms with Crippen LogP contribution in [0.15, 0.2) is 54.6 Å². The lowest BCUT2D eigenvalue weighted by Crippen LogP contribution is -2.38. The molecule has 1 atom stereocenters. The Bertz CT molecular complexity index is 667. The molecule has 2 rings (SSSR count). The number of carbonyl (C=O) groups is 2. The van der Waals surface area contributed by atoms with E-state index in [2.05, 4.69) is 0 Å². The van der Waals surface area contributed by atoms with Crippen molar-refractivity contribution in [3.8, 4) is 5.75 Å². The molecule has 4 heteroatoms. The maximum atomic E-state index is 12.4. The van der Waals surface area contributed by atoms with Crippen LogP contribution in [-0.4, -0.2) is 24.8 Å². The molecule has 0 fully saturated rings. The highest BCUT2D eigenvalue weighted by atomic mass is 16.5. The van der Waals surface area contributed by atoms with Crippen LogP contribution in [0.4, 0.5) is 5.69 Å². The summed E-state index contributed by atoms with van der Waals surface area (Å²) in [5.41, 5.74) is 1.37. The van der Waals surface area contributed by atoms with Crippen molar-refractivity contribution in [2.24, 2.45) is 0 Å². The summed E-state index contributed by atoms with van der Waals surface area (Å²) in [5.74, 6) is 0.320. The van der Waals surface area contributed by atoms with Crippen LogP contribution in [0.2, 0.25) is 0 Å². The van der Waals surface area contributed by atoms with Gasteiger partial charge in [-0.3, -0.25) is 9.59 Å². The fraction of sp³-hybridized carbons (Fsp3) is 0.222. The van der Waals surface area contributed by atoms with Crippen molar-refractivity contribution in [1.29, 1.82) is 0 Å². The van der Waals surface area contributed by atoms with E-state index in [0.29, 0.717) is 11.3 Å². The van der Waals surface area contributed by atoms with Gasteiger partial charge in [-0.2, -0.15) is 0 Å². The van der Waals surface area contributed by atoms with Gasteiger partial charge in [0.25, 0.3) is 5.91 Å². The summed E-state index contributed by atoms with van der Waals surface area (Å²) in [6.45, 7) is 3.19. The molecule has 4 nitrogen and oxygen atoms in total. The normalized spacial score (nSPS) is 11.6. The van der Waals surface area contributed by atoms with Crippen molar-refractivity contribution in [3.05, 3.63) is 60.2 Å². The molecule has 2 aromatic carbocycles. The molecular formula is C18H19NO3. The summed E-state index contributed by atoms with van der Waals surface area (Å²) in [6, 6.07) is 16.2. The van der Waals surface area contributed by atoms with E-state index in [-0.39, 0.29) is 11.7 Å². The van der Waals surface area contributed by atoms with Crippen LogP contribution >= 0.6 is 0 Å². The number of benzene rings is 2. The zero-order valence-electron chi connectivity index (χ0n) is 12.9. The highest BCUT2D eigenvalue weighted by molar-refractivity contribution is 5.96. The summed E-state index contributed by atoms with van der Waals surface area (Å²) in [6.07, 6.45) is -0.646. The Morgan fingerprint density at radius 3 is 2.36 bits per heavy atom. The number of ketones is 1. The summed E-state index contributed by atoms with van der Waals surface area (Å²) >= 11 is 0. The first-order chi connectivity index (χ1) is 10.5. The van der Waals surface area contributed by atoms with Crippen LogP contribution in [0.1, 0.15) is 24.2 Å². The second-order valence-corrected chi connectivity index (χ2v) is 5.08. The average molecular weight is 297 g/mol. The Kier molecular flexibility index (Phi) is 4.94. The van der Waals surface area contributed by atoms with E-state index >= 15 is 0 Å². The zero-order valence-corrected chi connectivity index (χ0v) is 12.9. The molecule has 0 aliphatic rings. The van der Waals surface area contributed by atoms with Crippen molar-refractivity contribution >= 4 is 17.4 Å². The molecule has 0 radical (unpaired) electrons. The quantitative estimate of drug-likeness (QED) is 0.795. The van der Waals surface area contributed by atoms with Crippen molar-refractivity contribution in [2.45, 2.75) is 20.0 Å². The second kappa shape index (κ2) is 6.89. The highest BCUT2D eigenvalue weighted by Gasteiger charge is 2.20. The third-order valence-corrected chi connectivity index (χ3v) is 3.38. The minimum atomic E-state index is -0.646. The Labute approximate surface area is 130 Å². The number of hydrogen-bond acceptors (Lipinski definition) is 3. The van der Waals surface area contributed by atoms with Gasteiger partial charge in [0.15, 0.2) is 11.9 Å². The molecule has 2 aromatic rings. The lowest BCUT2D eigenvalue weighted by Gasteiger charge is -2.22. The molecule has 1 amide bonds. The van der Waals surface area contributed by atoms with Gasteiger partial charge >= 0.3 is 0 Å². The second-order valence-electron chi connectivity index (χ2n) is 5.08.